The van der Waals surface area contributed by atoms with Gasteiger partial charge < -0.3 is 9.64 Å². The summed E-state index contributed by atoms with van der Waals surface area (Å²) in [6.07, 6.45) is 2.62. The highest BCUT2D eigenvalue weighted by Gasteiger charge is 2.18. The third kappa shape index (κ3) is 3.12. The first-order valence-electron chi connectivity index (χ1n) is 6.21. The van der Waals surface area contributed by atoms with Crippen LogP contribution in [0.25, 0.3) is 0 Å². The molecular formula is C14H18BrNO2. The number of halogens is 1. The number of Topliss-reactive ketones (excluding diaryl/α,β-unsaturated/α-hetero) is 1. The van der Waals surface area contributed by atoms with Gasteiger partial charge in [-0.05, 0) is 53.9 Å². The van der Waals surface area contributed by atoms with Gasteiger partial charge in [-0.3, -0.25) is 4.79 Å². The average Bonchev–Trinajstić information content (AvgIpc) is 2.81. The van der Waals surface area contributed by atoms with Gasteiger partial charge in [-0.1, -0.05) is 0 Å². The normalized spacial score (nSPS) is 18.9. The maximum Gasteiger partial charge on any atom is 0.159 e. The van der Waals surface area contributed by atoms with Crippen LogP contribution in [0.4, 0.5) is 5.69 Å². The second-order valence-corrected chi connectivity index (χ2v) is 5.59. The largest absolute Gasteiger partial charge is 0.376 e. The predicted octanol–water partition coefficient (Wildman–Crippen LogP) is 3.27. The molecule has 1 saturated heterocycles. The second-order valence-electron chi connectivity index (χ2n) is 4.74. The van der Waals surface area contributed by atoms with Crippen molar-refractivity contribution >= 4 is 27.4 Å². The van der Waals surface area contributed by atoms with Gasteiger partial charge in [0.05, 0.1) is 11.8 Å². The Bertz CT molecular complexity index is 441. The van der Waals surface area contributed by atoms with Gasteiger partial charge in [0.1, 0.15) is 0 Å². The van der Waals surface area contributed by atoms with Crippen molar-refractivity contribution in [3.63, 3.8) is 0 Å². The molecule has 0 saturated carbocycles. The van der Waals surface area contributed by atoms with E-state index in [9.17, 15) is 4.79 Å². The molecule has 0 aromatic heterocycles. The van der Waals surface area contributed by atoms with Gasteiger partial charge in [0.15, 0.2) is 5.78 Å². The van der Waals surface area contributed by atoms with Crippen molar-refractivity contribution in [3.05, 3.63) is 28.2 Å². The van der Waals surface area contributed by atoms with Crippen molar-refractivity contribution in [3.8, 4) is 0 Å². The molecule has 3 nitrogen and oxygen atoms in total. The first-order chi connectivity index (χ1) is 8.58. The number of hydrogen-bond donors (Lipinski definition) is 0. The standard InChI is InChI=1S/C14H18BrNO2/c1-10(17)11-5-6-14(13(15)8-11)16(2)9-12-4-3-7-18-12/h5-6,8,12H,3-4,7,9H2,1-2H3. The van der Waals surface area contributed by atoms with Crippen molar-refractivity contribution in [2.75, 3.05) is 25.1 Å². The molecule has 1 aromatic carbocycles. The second kappa shape index (κ2) is 5.85. The van der Waals surface area contributed by atoms with Crippen molar-refractivity contribution in [1.82, 2.24) is 0 Å². The minimum absolute atomic E-state index is 0.0871. The van der Waals surface area contributed by atoms with Crippen LogP contribution >= 0.6 is 15.9 Å². The molecule has 1 heterocycles. The molecule has 0 spiro atoms. The lowest BCUT2D eigenvalue weighted by molar-refractivity contribution is 0.101. The third-order valence-corrected chi connectivity index (χ3v) is 3.90. The molecule has 0 bridgehead atoms. The minimum Gasteiger partial charge on any atom is -0.376 e. The first kappa shape index (κ1) is 13.6. The van der Waals surface area contributed by atoms with Crippen LogP contribution in [0.2, 0.25) is 0 Å². The number of likely N-dealkylation sites (N-methyl/N-ethyl adjacent to an activating group) is 1. The van der Waals surface area contributed by atoms with E-state index in [2.05, 4.69) is 27.9 Å². The van der Waals surface area contributed by atoms with E-state index in [0.717, 1.165) is 41.7 Å². The lowest BCUT2D eigenvalue weighted by Gasteiger charge is -2.24. The highest BCUT2D eigenvalue weighted by atomic mass is 79.9. The molecule has 2 rings (SSSR count). The maximum absolute atomic E-state index is 11.3. The van der Waals surface area contributed by atoms with Gasteiger partial charge in [0.2, 0.25) is 0 Å². The van der Waals surface area contributed by atoms with E-state index >= 15 is 0 Å². The Hall–Kier alpha value is -0.870. The molecule has 0 radical (unpaired) electrons. The summed E-state index contributed by atoms with van der Waals surface area (Å²) < 4.78 is 6.59. The Kier molecular flexibility index (Phi) is 4.40. The first-order valence-corrected chi connectivity index (χ1v) is 7.00. The summed E-state index contributed by atoms with van der Waals surface area (Å²) in [4.78, 5) is 13.5. The summed E-state index contributed by atoms with van der Waals surface area (Å²) in [6.45, 7) is 3.35. The zero-order chi connectivity index (χ0) is 13.1. The summed E-state index contributed by atoms with van der Waals surface area (Å²) >= 11 is 3.53. The highest BCUT2D eigenvalue weighted by molar-refractivity contribution is 9.10. The number of carbonyl (C=O) groups excluding carboxylic acids is 1. The topological polar surface area (TPSA) is 29.5 Å². The fraction of sp³-hybridized carbons (Fsp3) is 0.500. The van der Waals surface area contributed by atoms with Crippen LogP contribution in [-0.4, -0.2) is 32.1 Å². The van der Waals surface area contributed by atoms with E-state index in [1.807, 2.05) is 18.2 Å². The third-order valence-electron chi connectivity index (χ3n) is 3.27. The number of carbonyl (C=O) groups is 1. The fourth-order valence-electron chi connectivity index (χ4n) is 2.23. The van der Waals surface area contributed by atoms with Crippen molar-refractivity contribution in [1.29, 1.82) is 0 Å². The molecule has 1 unspecified atom stereocenters. The number of benzene rings is 1. The SMILES string of the molecule is CC(=O)c1ccc(N(C)CC2CCCO2)c(Br)c1. The van der Waals surface area contributed by atoms with Crippen LogP contribution in [0.15, 0.2) is 22.7 Å². The van der Waals surface area contributed by atoms with E-state index in [1.165, 1.54) is 0 Å². The molecule has 18 heavy (non-hydrogen) atoms. The minimum atomic E-state index is 0.0871. The van der Waals surface area contributed by atoms with Crippen LogP contribution in [-0.2, 0) is 4.74 Å². The molecule has 0 amide bonds. The number of ketones is 1. The Balaban J connectivity index is 2.09. The van der Waals surface area contributed by atoms with Crippen LogP contribution in [0.3, 0.4) is 0 Å². The molecular weight excluding hydrogens is 294 g/mol. The van der Waals surface area contributed by atoms with Crippen molar-refractivity contribution < 1.29 is 9.53 Å². The van der Waals surface area contributed by atoms with Crippen molar-refractivity contribution in [2.24, 2.45) is 0 Å². The van der Waals surface area contributed by atoms with Gasteiger partial charge in [0.25, 0.3) is 0 Å². The van der Waals surface area contributed by atoms with Gasteiger partial charge >= 0.3 is 0 Å². The lowest BCUT2D eigenvalue weighted by Crippen LogP contribution is -2.28. The summed E-state index contributed by atoms with van der Waals surface area (Å²) in [6, 6.07) is 5.73. The highest BCUT2D eigenvalue weighted by Crippen LogP contribution is 2.28. The smallest absolute Gasteiger partial charge is 0.159 e. The van der Waals surface area contributed by atoms with Gasteiger partial charge in [-0.25, -0.2) is 0 Å². The van der Waals surface area contributed by atoms with Crippen molar-refractivity contribution in [2.45, 2.75) is 25.9 Å². The Morgan fingerprint density at radius 2 is 2.33 bits per heavy atom. The molecule has 1 aromatic rings. The monoisotopic (exact) mass is 311 g/mol. The van der Waals surface area contributed by atoms with E-state index in [-0.39, 0.29) is 5.78 Å². The zero-order valence-electron chi connectivity index (χ0n) is 10.8. The maximum atomic E-state index is 11.3. The molecule has 1 fully saturated rings. The summed E-state index contributed by atoms with van der Waals surface area (Å²) in [7, 11) is 2.05. The van der Waals surface area contributed by atoms with E-state index in [1.54, 1.807) is 6.92 Å². The van der Waals surface area contributed by atoms with Crippen LogP contribution in [0, 0.1) is 0 Å². The average molecular weight is 312 g/mol. The van der Waals surface area contributed by atoms with Crippen LogP contribution in [0.5, 0.6) is 0 Å². The summed E-state index contributed by atoms with van der Waals surface area (Å²) in [5.74, 6) is 0.0871. The Morgan fingerprint density at radius 3 is 2.89 bits per heavy atom. The molecule has 98 valence electrons. The van der Waals surface area contributed by atoms with Crippen LogP contribution < -0.4 is 4.90 Å². The number of hydrogen-bond acceptors (Lipinski definition) is 3. The van der Waals surface area contributed by atoms with Crippen LogP contribution in [0.1, 0.15) is 30.1 Å². The molecule has 1 aliphatic heterocycles. The molecule has 0 N–H and O–H groups in total. The molecule has 1 atom stereocenters. The van der Waals surface area contributed by atoms with Gasteiger partial charge in [-0.15, -0.1) is 0 Å². The quantitative estimate of drug-likeness (QED) is 0.799. The number of rotatable bonds is 4. The molecule has 4 heteroatoms. The lowest BCUT2D eigenvalue weighted by atomic mass is 10.1. The Morgan fingerprint density at radius 1 is 1.56 bits per heavy atom. The molecule has 1 aliphatic rings. The van der Waals surface area contributed by atoms with E-state index in [0.29, 0.717) is 6.10 Å². The molecule has 0 aliphatic carbocycles. The number of anilines is 1. The summed E-state index contributed by atoms with van der Waals surface area (Å²) in [5, 5.41) is 0. The van der Waals surface area contributed by atoms with Gasteiger partial charge in [-0.2, -0.15) is 0 Å². The van der Waals surface area contributed by atoms with Gasteiger partial charge in [0, 0.05) is 30.2 Å². The summed E-state index contributed by atoms with van der Waals surface area (Å²) in [5.41, 5.74) is 1.83. The van der Waals surface area contributed by atoms with E-state index < -0.39 is 0 Å². The number of nitrogens with zero attached hydrogens (tertiary/aromatic N) is 1. The zero-order valence-corrected chi connectivity index (χ0v) is 12.4. The number of ether oxygens (including phenoxy) is 1. The predicted molar refractivity (Wildman–Crippen MR) is 76.4 cm³/mol. The van der Waals surface area contributed by atoms with E-state index in [4.69, 9.17) is 4.74 Å². The fourth-order valence-corrected chi connectivity index (χ4v) is 2.91. The Labute approximate surface area is 116 Å².